The zero-order chi connectivity index (χ0) is 14.5. The number of rotatable bonds is 6. The number of hydrogen-bond acceptors (Lipinski definition) is 4. The van der Waals surface area contributed by atoms with Gasteiger partial charge in [-0.05, 0) is 33.3 Å². The van der Waals surface area contributed by atoms with Crippen molar-refractivity contribution in [3.8, 4) is 0 Å². The van der Waals surface area contributed by atoms with Crippen LogP contribution in [0.2, 0.25) is 0 Å². The molecule has 0 saturated heterocycles. The summed E-state index contributed by atoms with van der Waals surface area (Å²) in [5.74, 6) is -0.606. The summed E-state index contributed by atoms with van der Waals surface area (Å²) in [5.41, 5.74) is 0.349. The Kier molecular flexibility index (Phi) is 8.91. The second-order valence-corrected chi connectivity index (χ2v) is 6.11. The quantitative estimate of drug-likeness (QED) is 0.584. The van der Waals surface area contributed by atoms with E-state index in [4.69, 9.17) is 9.05 Å². The van der Waals surface area contributed by atoms with E-state index in [1.54, 1.807) is 58.0 Å². The third-order valence-corrected chi connectivity index (χ3v) is 3.72. The fourth-order valence-electron chi connectivity index (χ4n) is 1.35. The molecule has 0 bridgehead atoms. The summed E-state index contributed by atoms with van der Waals surface area (Å²) in [6.45, 7) is 6.83. The van der Waals surface area contributed by atoms with Crippen molar-refractivity contribution in [2.45, 2.75) is 39.9 Å². The van der Waals surface area contributed by atoms with Gasteiger partial charge in [-0.2, -0.15) is 0 Å². The predicted molar refractivity (Wildman–Crippen MR) is 74.2 cm³/mol. The van der Waals surface area contributed by atoms with Crippen molar-refractivity contribution in [3.63, 3.8) is 0 Å². The van der Waals surface area contributed by atoms with Gasteiger partial charge in [-0.15, -0.1) is 0 Å². The molecule has 0 aliphatic rings. The van der Waals surface area contributed by atoms with Crippen LogP contribution in [0.25, 0.3) is 5.09 Å². The molecule has 0 N–H and O–H groups in total. The van der Waals surface area contributed by atoms with Gasteiger partial charge in [-0.3, -0.25) is 4.57 Å². The Morgan fingerprint density at radius 3 is 1.90 bits per heavy atom. The molecule has 0 heterocycles. The van der Waals surface area contributed by atoms with E-state index in [-0.39, 0.29) is 41.8 Å². The monoisotopic (exact) mass is 307 g/mol. The summed E-state index contributed by atoms with van der Waals surface area (Å²) in [6, 6.07) is 8.40. The molecule has 0 spiro atoms. The summed E-state index contributed by atoms with van der Waals surface area (Å²) < 4.78 is 22.8. The van der Waals surface area contributed by atoms with E-state index in [9.17, 15) is 9.36 Å². The van der Waals surface area contributed by atoms with Gasteiger partial charge in [0.25, 0.3) is 7.75 Å². The van der Waals surface area contributed by atoms with Gasteiger partial charge in [0.2, 0.25) is 0 Å². The summed E-state index contributed by atoms with van der Waals surface area (Å²) in [7, 11) is -3.78. The fourth-order valence-corrected chi connectivity index (χ4v) is 2.90. The number of benzene rings is 1. The van der Waals surface area contributed by atoms with Crippen LogP contribution in [0.1, 0.15) is 38.1 Å². The molecule has 1 aromatic carbocycles. The van der Waals surface area contributed by atoms with Crippen LogP contribution >= 0.6 is 7.75 Å². The second kappa shape index (κ2) is 8.98. The summed E-state index contributed by atoms with van der Waals surface area (Å²) >= 11 is 0. The Hall–Kier alpha value is -0.160. The maximum Gasteiger partial charge on any atom is 1.00 e. The van der Waals surface area contributed by atoms with Crippen LogP contribution in [0.4, 0.5) is 0 Å². The average Bonchev–Trinajstić information content (AvgIpc) is 2.27. The second-order valence-electron chi connectivity index (χ2n) is 4.55. The van der Waals surface area contributed by atoms with Gasteiger partial charge >= 0.3 is 29.6 Å². The SMILES string of the molecule is CC(C)OP(=O)([N-]C(=O)c1ccccc1)OC(C)C.[Na+]. The van der Waals surface area contributed by atoms with Crippen molar-refractivity contribution in [3.05, 3.63) is 41.0 Å². The molecule has 106 valence electrons. The van der Waals surface area contributed by atoms with Crippen LogP contribution in [-0.4, -0.2) is 18.1 Å². The summed E-state index contributed by atoms with van der Waals surface area (Å²) in [4.78, 5) is 11.9. The molecule has 0 aromatic heterocycles. The van der Waals surface area contributed by atoms with Crippen LogP contribution in [0.15, 0.2) is 30.3 Å². The number of hydrogen-bond donors (Lipinski definition) is 0. The first-order valence-electron chi connectivity index (χ1n) is 6.12. The van der Waals surface area contributed by atoms with E-state index in [0.717, 1.165) is 0 Å². The summed E-state index contributed by atoms with van der Waals surface area (Å²) in [6.07, 6.45) is -0.700. The number of carbonyl (C=O) groups is 1. The summed E-state index contributed by atoms with van der Waals surface area (Å²) in [5, 5.41) is 3.63. The molecule has 0 radical (unpaired) electrons. The Morgan fingerprint density at radius 2 is 1.50 bits per heavy atom. The largest absolute Gasteiger partial charge is 1.00 e. The zero-order valence-electron chi connectivity index (χ0n) is 12.6. The van der Waals surface area contributed by atoms with Crippen molar-refractivity contribution in [1.29, 1.82) is 0 Å². The molecule has 0 aliphatic heterocycles. The molecule has 1 aromatic rings. The molecule has 0 saturated carbocycles. The molecule has 0 aliphatic carbocycles. The van der Waals surface area contributed by atoms with Crippen LogP contribution in [0.5, 0.6) is 0 Å². The molecule has 0 atom stereocenters. The van der Waals surface area contributed by atoms with Crippen LogP contribution in [-0.2, 0) is 13.6 Å². The maximum absolute atomic E-state index is 12.4. The van der Waals surface area contributed by atoms with Crippen molar-refractivity contribution < 1.29 is 48.0 Å². The van der Waals surface area contributed by atoms with E-state index < -0.39 is 13.7 Å². The van der Waals surface area contributed by atoms with Gasteiger partial charge in [0.15, 0.2) is 0 Å². The number of amides is 1. The first-order chi connectivity index (χ1) is 8.82. The topological polar surface area (TPSA) is 66.7 Å². The molecule has 7 heteroatoms. The molecule has 20 heavy (non-hydrogen) atoms. The standard InChI is InChI=1S/C13H20NO4P.Na/c1-10(2)17-19(16,18-11(3)4)14-13(15)12-8-6-5-7-9-12;/h5-11H,1-4H3,(H,14,15,16);/q;+1/p-1. The molecule has 1 amide bonds. The first-order valence-corrected chi connectivity index (χ1v) is 7.61. The minimum absolute atomic E-state index is 0. The smallest absolute Gasteiger partial charge is 0.548 e. The Bertz CT molecular complexity index is 451. The normalized spacial score (nSPS) is 11.3. The molecular formula is C13H19NNaO4P. The van der Waals surface area contributed by atoms with Gasteiger partial charge in [-0.25, -0.2) is 0 Å². The molecule has 1 rings (SSSR count). The Balaban J connectivity index is 0.00000361. The van der Waals surface area contributed by atoms with Crippen molar-refractivity contribution in [2.24, 2.45) is 0 Å². The van der Waals surface area contributed by atoms with Crippen molar-refractivity contribution in [2.75, 3.05) is 0 Å². The van der Waals surface area contributed by atoms with Crippen LogP contribution in [0.3, 0.4) is 0 Å². The molecule has 0 unspecified atom stereocenters. The van der Waals surface area contributed by atoms with Gasteiger partial charge < -0.3 is 18.9 Å². The molecular weight excluding hydrogens is 288 g/mol. The van der Waals surface area contributed by atoms with E-state index in [1.165, 1.54) is 0 Å². The van der Waals surface area contributed by atoms with Crippen LogP contribution < -0.4 is 29.6 Å². The average molecular weight is 307 g/mol. The first kappa shape index (κ1) is 19.8. The number of nitrogens with zero attached hydrogens (tertiary/aromatic N) is 1. The Morgan fingerprint density at radius 1 is 1.05 bits per heavy atom. The van der Waals surface area contributed by atoms with Gasteiger partial charge in [0, 0.05) is 0 Å². The van der Waals surface area contributed by atoms with E-state index in [0.29, 0.717) is 5.56 Å². The van der Waals surface area contributed by atoms with E-state index in [2.05, 4.69) is 5.09 Å². The zero-order valence-corrected chi connectivity index (χ0v) is 15.5. The minimum atomic E-state index is -3.78. The Labute approximate surface area is 142 Å². The maximum atomic E-state index is 12.4. The van der Waals surface area contributed by atoms with E-state index in [1.807, 2.05) is 0 Å². The van der Waals surface area contributed by atoms with Crippen molar-refractivity contribution in [1.82, 2.24) is 0 Å². The van der Waals surface area contributed by atoms with Crippen molar-refractivity contribution >= 4 is 13.7 Å². The number of carbonyl (C=O) groups excluding carboxylic acids is 1. The van der Waals surface area contributed by atoms with Gasteiger partial charge in [0.05, 0.1) is 18.1 Å². The van der Waals surface area contributed by atoms with E-state index >= 15 is 0 Å². The van der Waals surface area contributed by atoms with Gasteiger partial charge in [-0.1, -0.05) is 30.3 Å². The molecule has 5 nitrogen and oxygen atoms in total. The van der Waals surface area contributed by atoms with Gasteiger partial charge in [0.1, 0.15) is 0 Å². The third-order valence-electron chi connectivity index (χ3n) is 1.92. The predicted octanol–water partition coefficient (Wildman–Crippen LogP) is 1.16. The van der Waals surface area contributed by atoms with Crippen LogP contribution in [0, 0.1) is 0 Å². The molecule has 0 fully saturated rings. The fraction of sp³-hybridized carbons (Fsp3) is 0.462. The third kappa shape index (κ3) is 7.02. The minimum Gasteiger partial charge on any atom is -0.548 e.